The summed E-state index contributed by atoms with van der Waals surface area (Å²) in [6.45, 7) is 3.06. The molecule has 1 unspecified atom stereocenters. The van der Waals surface area contributed by atoms with Crippen molar-refractivity contribution in [2.24, 2.45) is 0 Å². The lowest BCUT2D eigenvalue weighted by molar-refractivity contribution is 0.222. The molecule has 2 nitrogen and oxygen atoms in total. The normalized spacial score (nSPS) is 29.2. The molecule has 0 aromatic rings. The van der Waals surface area contributed by atoms with E-state index in [2.05, 4.69) is 4.90 Å². The Kier molecular flexibility index (Phi) is 2.55. The zero-order valence-electron chi connectivity index (χ0n) is 5.58. The van der Waals surface area contributed by atoms with E-state index in [0.717, 1.165) is 26.1 Å². The van der Waals surface area contributed by atoms with Crippen molar-refractivity contribution in [2.45, 2.75) is 12.2 Å². The predicted molar refractivity (Wildman–Crippen MR) is 37.6 cm³/mol. The van der Waals surface area contributed by atoms with Crippen molar-refractivity contribution in [1.82, 2.24) is 4.90 Å². The second-order valence-corrected chi connectivity index (χ2v) is 2.57. The van der Waals surface area contributed by atoms with E-state index < -0.39 is 0 Å². The van der Waals surface area contributed by atoms with Gasteiger partial charge in [0.15, 0.2) is 0 Å². The number of nitrogens with zero attached hydrogens (tertiary/aromatic N) is 1. The maximum atomic E-state index is 8.53. The van der Waals surface area contributed by atoms with Crippen LogP contribution in [-0.4, -0.2) is 44.1 Å². The van der Waals surface area contributed by atoms with Gasteiger partial charge < -0.3 is 10.0 Å². The maximum absolute atomic E-state index is 8.53. The highest BCUT2D eigenvalue weighted by Crippen LogP contribution is 2.16. The van der Waals surface area contributed by atoms with Crippen molar-refractivity contribution < 1.29 is 5.11 Å². The Balaban J connectivity index is 2.14. The monoisotopic (exact) mass is 125 g/mol. The first-order valence-electron chi connectivity index (χ1n) is 3.41. The summed E-state index contributed by atoms with van der Waals surface area (Å²) >= 11 is 0. The molecule has 3 heteroatoms. The van der Waals surface area contributed by atoms with E-state index in [1.54, 1.807) is 0 Å². The van der Waals surface area contributed by atoms with E-state index in [0.29, 0.717) is 5.82 Å². The quantitative estimate of drug-likeness (QED) is 0.509. The molecule has 1 aliphatic rings. The SMILES string of the molecule is [B]C1CCN(CCO)C1. The zero-order valence-corrected chi connectivity index (χ0v) is 5.58. The fourth-order valence-electron chi connectivity index (χ4n) is 1.21. The lowest BCUT2D eigenvalue weighted by Gasteiger charge is -2.11. The number of β-amino-alcohol motifs (C(OH)–C–C–N with tert-alkyl or cyclic N) is 1. The molecule has 0 amide bonds. The number of hydrogen-bond acceptors (Lipinski definition) is 2. The Morgan fingerprint density at radius 3 is 2.89 bits per heavy atom. The molecule has 0 saturated carbocycles. The van der Waals surface area contributed by atoms with Gasteiger partial charge in [-0.1, -0.05) is 5.82 Å². The van der Waals surface area contributed by atoms with E-state index in [1.165, 1.54) is 0 Å². The summed E-state index contributed by atoms with van der Waals surface area (Å²) in [6.07, 6.45) is 1.08. The third kappa shape index (κ3) is 1.99. The van der Waals surface area contributed by atoms with Crippen LogP contribution >= 0.6 is 0 Å². The molecule has 1 rings (SSSR count). The summed E-state index contributed by atoms with van der Waals surface area (Å²) in [5.41, 5.74) is 0. The highest BCUT2D eigenvalue weighted by Gasteiger charge is 2.16. The lowest BCUT2D eigenvalue weighted by Crippen LogP contribution is -2.23. The van der Waals surface area contributed by atoms with Crippen LogP contribution < -0.4 is 0 Å². The van der Waals surface area contributed by atoms with Gasteiger partial charge in [0.1, 0.15) is 0 Å². The molecule has 1 N–H and O–H groups in total. The number of hydrogen-bond donors (Lipinski definition) is 1. The standard InChI is InChI=1S/C6H12BNO/c7-6-1-2-8(5-6)3-4-9/h6,9H,1-5H2. The average Bonchev–Trinajstić information content (AvgIpc) is 2.17. The van der Waals surface area contributed by atoms with E-state index in [4.69, 9.17) is 13.0 Å². The van der Waals surface area contributed by atoms with E-state index in [1.807, 2.05) is 0 Å². The van der Waals surface area contributed by atoms with Gasteiger partial charge in [-0.15, -0.1) is 0 Å². The molecule has 1 saturated heterocycles. The van der Waals surface area contributed by atoms with Crippen LogP contribution in [0.5, 0.6) is 0 Å². The first-order chi connectivity index (χ1) is 4.33. The predicted octanol–water partition coefficient (Wildman–Crippen LogP) is -0.359. The molecule has 9 heavy (non-hydrogen) atoms. The number of aliphatic hydroxyl groups is 1. The summed E-state index contributed by atoms with van der Waals surface area (Å²) < 4.78 is 0. The van der Waals surface area contributed by atoms with Crippen molar-refractivity contribution in [3.8, 4) is 0 Å². The van der Waals surface area contributed by atoms with Crippen molar-refractivity contribution in [3.05, 3.63) is 0 Å². The van der Waals surface area contributed by atoms with Crippen molar-refractivity contribution in [3.63, 3.8) is 0 Å². The second kappa shape index (κ2) is 3.23. The fraction of sp³-hybridized carbons (Fsp3) is 1.00. The van der Waals surface area contributed by atoms with Crippen LogP contribution in [0, 0.1) is 0 Å². The van der Waals surface area contributed by atoms with Gasteiger partial charge in [-0.25, -0.2) is 0 Å². The molecule has 0 spiro atoms. The van der Waals surface area contributed by atoms with Gasteiger partial charge in [0, 0.05) is 6.54 Å². The molecule has 0 aromatic carbocycles. The van der Waals surface area contributed by atoms with Gasteiger partial charge >= 0.3 is 0 Å². The minimum absolute atomic E-state index is 0.257. The van der Waals surface area contributed by atoms with Gasteiger partial charge in [-0.2, -0.15) is 0 Å². The molecule has 1 atom stereocenters. The second-order valence-electron chi connectivity index (χ2n) is 2.57. The fourth-order valence-corrected chi connectivity index (χ4v) is 1.21. The molecular weight excluding hydrogens is 113 g/mol. The minimum Gasteiger partial charge on any atom is -0.395 e. The Hall–Kier alpha value is -0.0151. The zero-order chi connectivity index (χ0) is 6.69. The van der Waals surface area contributed by atoms with Crippen molar-refractivity contribution >= 4 is 7.85 Å². The van der Waals surface area contributed by atoms with Gasteiger partial charge in [-0.3, -0.25) is 0 Å². The number of rotatable bonds is 2. The minimum atomic E-state index is 0.257. The van der Waals surface area contributed by atoms with Gasteiger partial charge in [0.2, 0.25) is 0 Å². The molecule has 1 heterocycles. The average molecular weight is 125 g/mol. The highest BCUT2D eigenvalue weighted by molar-refractivity contribution is 6.11. The lowest BCUT2D eigenvalue weighted by atomic mass is 9.87. The molecule has 0 bridgehead atoms. The Bertz CT molecular complexity index is 87.1. The van der Waals surface area contributed by atoms with Crippen LogP contribution in [0.15, 0.2) is 0 Å². The van der Waals surface area contributed by atoms with Crippen LogP contribution in [0.25, 0.3) is 0 Å². The van der Waals surface area contributed by atoms with Crippen LogP contribution in [0.1, 0.15) is 6.42 Å². The van der Waals surface area contributed by atoms with E-state index >= 15 is 0 Å². The molecule has 2 radical (unpaired) electrons. The summed E-state index contributed by atoms with van der Waals surface area (Å²) in [6, 6.07) is 0. The Labute approximate surface area is 57.3 Å². The topological polar surface area (TPSA) is 23.5 Å². The van der Waals surface area contributed by atoms with Crippen molar-refractivity contribution in [1.29, 1.82) is 0 Å². The van der Waals surface area contributed by atoms with E-state index in [9.17, 15) is 0 Å². The number of likely N-dealkylation sites (tertiary alicyclic amines) is 1. The van der Waals surface area contributed by atoms with Crippen molar-refractivity contribution in [2.75, 3.05) is 26.2 Å². The first-order valence-corrected chi connectivity index (χ1v) is 3.41. The van der Waals surface area contributed by atoms with Crippen LogP contribution in [0.2, 0.25) is 5.82 Å². The molecule has 1 aliphatic heterocycles. The Morgan fingerprint density at radius 2 is 2.44 bits per heavy atom. The van der Waals surface area contributed by atoms with Crippen LogP contribution in [0.3, 0.4) is 0 Å². The van der Waals surface area contributed by atoms with Gasteiger partial charge in [0.25, 0.3) is 0 Å². The third-order valence-electron chi connectivity index (χ3n) is 1.73. The summed E-state index contributed by atoms with van der Waals surface area (Å²) in [7, 11) is 5.63. The summed E-state index contributed by atoms with van der Waals surface area (Å²) in [5.74, 6) is 0.344. The molecule has 1 fully saturated rings. The van der Waals surface area contributed by atoms with E-state index in [-0.39, 0.29) is 6.61 Å². The van der Waals surface area contributed by atoms with Gasteiger partial charge in [0.05, 0.1) is 14.5 Å². The Morgan fingerprint density at radius 1 is 1.67 bits per heavy atom. The summed E-state index contributed by atoms with van der Waals surface area (Å²) in [4.78, 5) is 2.19. The molecule has 0 aromatic heterocycles. The maximum Gasteiger partial charge on any atom is 0.0717 e. The highest BCUT2D eigenvalue weighted by atomic mass is 16.3. The molecular formula is C6H12BNO. The molecule has 50 valence electrons. The molecule has 0 aliphatic carbocycles. The summed E-state index contributed by atoms with van der Waals surface area (Å²) in [5, 5.41) is 8.53. The first kappa shape index (κ1) is 7.10. The number of aliphatic hydroxyl groups excluding tert-OH is 1. The van der Waals surface area contributed by atoms with Crippen LogP contribution in [0.4, 0.5) is 0 Å². The van der Waals surface area contributed by atoms with Gasteiger partial charge in [-0.05, 0) is 19.5 Å². The third-order valence-corrected chi connectivity index (χ3v) is 1.73. The van der Waals surface area contributed by atoms with Crippen LogP contribution in [-0.2, 0) is 0 Å². The smallest absolute Gasteiger partial charge is 0.0717 e. The largest absolute Gasteiger partial charge is 0.395 e.